The van der Waals surface area contributed by atoms with Crippen molar-refractivity contribution in [3.8, 4) is 0 Å². The standard InChI is InChI=1S/2C3H10N2.C2H4O2/c2*1-3(5)2-4;1-2(3)4/h2*3H,2,4-5H2,1H3;1H3,(H,3,4). The highest BCUT2D eigenvalue weighted by Gasteiger charge is 1.80. The van der Waals surface area contributed by atoms with Crippen LogP contribution in [0.3, 0.4) is 0 Å². The predicted octanol–water partition coefficient (Wildman–Crippen LogP) is -1.32. The van der Waals surface area contributed by atoms with Gasteiger partial charge in [-0.25, -0.2) is 0 Å². The first-order valence-electron chi connectivity index (χ1n) is 4.38. The first kappa shape index (κ1) is 19.0. The zero-order valence-electron chi connectivity index (χ0n) is 9.23. The molecule has 0 fully saturated rings. The van der Waals surface area contributed by atoms with Crippen molar-refractivity contribution in [3.05, 3.63) is 0 Å². The molecule has 0 aromatic rings. The maximum Gasteiger partial charge on any atom is 0.300 e. The number of carbonyl (C=O) groups is 1. The van der Waals surface area contributed by atoms with Crippen molar-refractivity contribution in [2.24, 2.45) is 22.9 Å². The molecule has 0 aliphatic heterocycles. The van der Waals surface area contributed by atoms with Crippen molar-refractivity contribution >= 4 is 5.97 Å². The Morgan fingerprint density at radius 2 is 1.21 bits per heavy atom. The van der Waals surface area contributed by atoms with Crippen molar-refractivity contribution in [1.82, 2.24) is 0 Å². The van der Waals surface area contributed by atoms with Crippen LogP contribution in [0.1, 0.15) is 20.8 Å². The zero-order valence-corrected chi connectivity index (χ0v) is 9.23. The molecule has 6 nitrogen and oxygen atoms in total. The van der Waals surface area contributed by atoms with Gasteiger partial charge in [-0.2, -0.15) is 0 Å². The monoisotopic (exact) mass is 208 g/mol. The summed E-state index contributed by atoms with van der Waals surface area (Å²) in [4.78, 5) is 9.00. The number of nitrogens with two attached hydrogens (primary N) is 4. The lowest BCUT2D eigenvalue weighted by atomic mass is 10.4. The number of carboxylic acids is 1. The number of aliphatic carboxylic acids is 1. The molecule has 14 heavy (non-hydrogen) atoms. The highest BCUT2D eigenvalue weighted by Crippen LogP contribution is 1.59. The molecular formula is C8H24N4O2. The molecule has 0 bridgehead atoms. The van der Waals surface area contributed by atoms with E-state index in [1.165, 1.54) is 0 Å². The second kappa shape index (κ2) is 14.8. The summed E-state index contributed by atoms with van der Waals surface area (Å²) in [6, 6.07) is 0.324. The molecule has 0 saturated heterocycles. The van der Waals surface area contributed by atoms with Crippen LogP contribution in [0, 0.1) is 0 Å². The van der Waals surface area contributed by atoms with E-state index in [-0.39, 0.29) is 12.1 Å². The summed E-state index contributed by atoms with van der Waals surface area (Å²) < 4.78 is 0. The number of hydrogen-bond donors (Lipinski definition) is 5. The maximum absolute atomic E-state index is 9.00. The van der Waals surface area contributed by atoms with E-state index in [1.807, 2.05) is 13.8 Å². The van der Waals surface area contributed by atoms with E-state index in [0.29, 0.717) is 13.1 Å². The highest BCUT2D eigenvalue weighted by atomic mass is 16.4. The van der Waals surface area contributed by atoms with Gasteiger partial charge >= 0.3 is 0 Å². The largest absolute Gasteiger partial charge is 0.481 e. The van der Waals surface area contributed by atoms with Crippen molar-refractivity contribution in [2.75, 3.05) is 13.1 Å². The van der Waals surface area contributed by atoms with E-state index in [2.05, 4.69) is 0 Å². The van der Waals surface area contributed by atoms with Gasteiger partial charge in [0.05, 0.1) is 0 Å². The molecule has 0 radical (unpaired) electrons. The van der Waals surface area contributed by atoms with Gasteiger partial charge in [-0.05, 0) is 13.8 Å². The van der Waals surface area contributed by atoms with Crippen LogP contribution in [0.2, 0.25) is 0 Å². The van der Waals surface area contributed by atoms with Crippen LogP contribution in [0.4, 0.5) is 0 Å². The number of rotatable bonds is 2. The van der Waals surface area contributed by atoms with Crippen LogP contribution >= 0.6 is 0 Å². The van der Waals surface area contributed by atoms with Gasteiger partial charge in [0.25, 0.3) is 5.97 Å². The van der Waals surface area contributed by atoms with Gasteiger partial charge in [-0.15, -0.1) is 0 Å². The first-order valence-corrected chi connectivity index (χ1v) is 4.38. The quantitative estimate of drug-likeness (QED) is 0.381. The molecule has 0 rings (SSSR count). The molecule has 6 heteroatoms. The lowest BCUT2D eigenvalue weighted by Gasteiger charge is -1.92. The number of carboxylic acid groups (broad SMARTS) is 1. The topological polar surface area (TPSA) is 141 Å². The van der Waals surface area contributed by atoms with Gasteiger partial charge in [-0.3, -0.25) is 4.79 Å². The fourth-order valence-electron chi connectivity index (χ4n) is 0. The summed E-state index contributed by atoms with van der Waals surface area (Å²) in [5, 5.41) is 7.42. The van der Waals surface area contributed by atoms with Gasteiger partial charge in [0.2, 0.25) is 0 Å². The fraction of sp³-hybridized carbons (Fsp3) is 0.875. The summed E-state index contributed by atoms with van der Waals surface area (Å²) in [6.07, 6.45) is 0. The van der Waals surface area contributed by atoms with Crippen LogP contribution in [0.25, 0.3) is 0 Å². The molecule has 0 saturated carbocycles. The smallest absolute Gasteiger partial charge is 0.300 e. The van der Waals surface area contributed by atoms with Crippen LogP contribution in [-0.4, -0.2) is 36.2 Å². The van der Waals surface area contributed by atoms with Crippen molar-refractivity contribution < 1.29 is 9.90 Å². The summed E-state index contributed by atoms with van der Waals surface area (Å²) in [7, 11) is 0. The average molecular weight is 208 g/mol. The Morgan fingerprint density at radius 1 is 1.14 bits per heavy atom. The Kier molecular flexibility index (Phi) is 20.1. The molecule has 0 heterocycles. The third-order valence-electron chi connectivity index (χ3n) is 0.744. The second-order valence-electron chi connectivity index (χ2n) is 2.94. The molecule has 0 aromatic carbocycles. The second-order valence-corrected chi connectivity index (χ2v) is 2.94. The molecule has 0 spiro atoms. The van der Waals surface area contributed by atoms with E-state index in [4.69, 9.17) is 32.8 Å². The first-order chi connectivity index (χ1) is 6.27. The molecule has 88 valence electrons. The Morgan fingerprint density at radius 3 is 1.21 bits per heavy atom. The van der Waals surface area contributed by atoms with E-state index in [9.17, 15) is 0 Å². The van der Waals surface area contributed by atoms with Crippen LogP contribution in [0.5, 0.6) is 0 Å². The maximum atomic E-state index is 9.00. The van der Waals surface area contributed by atoms with Crippen LogP contribution in [-0.2, 0) is 4.79 Å². The Hall–Kier alpha value is -0.690. The molecular weight excluding hydrogens is 184 g/mol. The van der Waals surface area contributed by atoms with E-state index >= 15 is 0 Å². The minimum Gasteiger partial charge on any atom is -0.481 e. The van der Waals surface area contributed by atoms with Crippen molar-refractivity contribution in [1.29, 1.82) is 0 Å². The molecule has 9 N–H and O–H groups in total. The third kappa shape index (κ3) is 110. The molecule has 0 aliphatic carbocycles. The molecule has 0 amide bonds. The van der Waals surface area contributed by atoms with E-state index in [1.54, 1.807) is 0 Å². The van der Waals surface area contributed by atoms with Gasteiger partial charge in [0.15, 0.2) is 0 Å². The van der Waals surface area contributed by atoms with Crippen LogP contribution in [0.15, 0.2) is 0 Å². The average Bonchev–Trinajstić information content (AvgIpc) is 2.04. The Labute approximate surface area is 85.6 Å². The van der Waals surface area contributed by atoms with Crippen LogP contribution < -0.4 is 22.9 Å². The molecule has 2 unspecified atom stereocenters. The van der Waals surface area contributed by atoms with Gasteiger partial charge in [0, 0.05) is 32.1 Å². The lowest BCUT2D eigenvalue weighted by molar-refractivity contribution is -0.134. The van der Waals surface area contributed by atoms with Crippen molar-refractivity contribution in [2.45, 2.75) is 32.9 Å². The summed E-state index contributed by atoms with van der Waals surface area (Å²) in [5.41, 5.74) is 20.4. The summed E-state index contributed by atoms with van der Waals surface area (Å²) in [6.45, 7) is 6.00. The molecule has 0 aliphatic rings. The lowest BCUT2D eigenvalue weighted by Crippen LogP contribution is -2.25. The van der Waals surface area contributed by atoms with Crippen molar-refractivity contribution in [3.63, 3.8) is 0 Å². The van der Waals surface area contributed by atoms with Gasteiger partial charge in [0.1, 0.15) is 0 Å². The van der Waals surface area contributed by atoms with Gasteiger partial charge in [-0.1, -0.05) is 0 Å². The Balaban J connectivity index is -0.000000131. The minimum atomic E-state index is -0.833. The molecule has 0 aromatic heterocycles. The Bertz CT molecular complexity index is 106. The summed E-state index contributed by atoms with van der Waals surface area (Å²) >= 11 is 0. The number of hydrogen-bond acceptors (Lipinski definition) is 5. The predicted molar refractivity (Wildman–Crippen MR) is 58.7 cm³/mol. The zero-order chi connectivity index (χ0) is 12.1. The van der Waals surface area contributed by atoms with E-state index < -0.39 is 5.97 Å². The van der Waals surface area contributed by atoms with Gasteiger partial charge < -0.3 is 28.0 Å². The normalized spacial score (nSPS) is 12.5. The third-order valence-corrected chi connectivity index (χ3v) is 0.744. The summed E-state index contributed by atoms with van der Waals surface area (Å²) in [5.74, 6) is -0.833. The minimum absolute atomic E-state index is 0.162. The fourth-order valence-corrected chi connectivity index (χ4v) is 0. The highest BCUT2D eigenvalue weighted by molar-refractivity contribution is 5.62. The molecule has 2 atom stereocenters. The van der Waals surface area contributed by atoms with E-state index in [0.717, 1.165) is 6.92 Å². The SMILES string of the molecule is CC(=O)O.CC(N)CN.CC(N)CN.